The van der Waals surface area contributed by atoms with E-state index in [1.54, 1.807) is 49.6 Å². The van der Waals surface area contributed by atoms with Crippen LogP contribution in [0.2, 0.25) is 0 Å². The van der Waals surface area contributed by atoms with Gasteiger partial charge in [-0.3, -0.25) is 14.4 Å². The number of aryl methyl sites for hydroxylation is 2. The van der Waals surface area contributed by atoms with E-state index in [0.29, 0.717) is 65.8 Å². The number of amides is 3. The van der Waals surface area contributed by atoms with Gasteiger partial charge in [-0.25, -0.2) is 27.6 Å². The maximum Gasteiger partial charge on any atom is 0.326 e. The van der Waals surface area contributed by atoms with Gasteiger partial charge in [0.15, 0.2) is 29.8 Å². The Bertz CT molecular complexity index is 4910. The predicted molar refractivity (Wildman–Crippen MR) is 420 cm³/mol. The number of rotatable bonds is 25. The molecule has 4 saturated carbocycles. The van der Waals surface area contributed by atoms with Crippen molar-refractivity contribution in [1.82, 2.24) is 14.7 Å². The summed E-state index contributed by atoms with van der Waals surface area (Å²) in [5.74, 6) is -4.03. The molecule has 8 unspecified atom stereocenters. The molecule has 0 aromatic heterocycles. The molecule has 4 fully saturated rings. The van der Waals surface area contributed by atoms with Crippen LogP contribution in [0, 0.1) is 31.5 Å². The smallest absolute Gasteiger partial charge is 0.326 e. The third kappa shape index (κ3) is 19.1. The number of aliphatic carboxylic acids is 3. The van der Waals surface area contributed by atoms with Crippen LogP contribution in [0.15, 0.2) is 212 Å². The lowest BCUT2D eigenvalue weighted by Crippen LogP contribution is -2.51. The zero-order chi connectivity index (χ0) is 80.4. The quantitative estimate of drug-likeness (QED) is 0.0482. The van der Waals surface area contributed by atoms with E-state index in [4.69, 9.17) is 33.2 Å². The van der Waals surface area contributed by atoms with Crippen LogP contribution in [-0.4, -0.2) is 115 Å². The summed E-state index contributed by atoms with van der Waals surface area (Å²) in [5.41, 5.74) is 11.4. The highest BCUT2D eigenvalue weighted by Gasteiger charge is 2.51. The van der Waals surface area contributed by atoms with Gasteiger partial charge in [-0.2, -0.15) is 0 Å². The molecule has 8 atom stereocenters. The van der Waals surface area contributed by atoms with Crippen molar-refractivity contribution in [1.29, 1.82) is 0 Å². The first kappa shape index (κ1) is 80.3. The molecule has 0 saturated heterocycles. The molecule has 3 aliphatic heterocycles. The van der Waals surface area contributed by atoms with Crippen molar-refractivity contribution in [3.05, 3.63) is 296 Å². The monoisotopic (exact) mass is 1570 g/mol. The maximum absolute atomic E-state index is 14.1. The Morgan fingerprint density at radius 1 is 0.417 bits per heavy atom. The summed E-state index contributed by atoms with van der Waals surface area (Å²) in [6.07, 6.45) is 2.44. The van der Waals surface area contributed by atoms with Gasteiger partial charge < -0.3 is 63.2 Å². The first-order valence-electron chi connectivity index (χ1n) is 39.3. The standard InChI is InChI=1S/C32H33NO6.C31H32FNO5.C30H29F2NO5/c1-37-28-13-12-22-18-33(27(32(35)36)17-26(22)30(28)38-19-20-8-4-2-5-9-20)31(34)29(21-10-6-3-7-11-21)39-25-15-23-14-24(23)16-25;1-20-11-12-23-18-33(27(31(35)36)17-26(23)28(20)37-19-21-7-3-2-4-8-21)30(34)29(38-25-9-5-6-10-25)22-13-15-24(32)16-14-22;1-19-12-13-22-17-33(25(29(35)36)14-24(22)26(19)37-18-20-8-4-2-5-9-20)28(34)27(21-10-6-3-7-11-21)38-23-15-30(31,32)16-23/h2-13,23-25,27,29H,14-19H2,1H3,(H,35,36);2-4,7-8,11-16,25,27,29H,5-6,9-10,17-19H2,1H3,(H,35,36);2-13,23,25,27H,14-18H2,1H3,(H,35,36). The number of hydrogen-bond acceptors (Lipinski definition) is 13. The molecule has 598 valence electrons. The minimum Gasteiger partial charge on any atom is -0.493 e. The van der Waals surface area contributed by atoms with Gasteiger partial charge in [-0.15, -0.1) is 0 Å². The molecular formula is C93H94F3N3O16. The Morgan fingerprint density at radius 2 is 0.757 bits per heavy atom. The van der Waals surface area contributed by atoms with E-state index < -0.39 is 96.8 Å². The Kier molecular flexibility index (Phi) is 25.1. The highest BCUT2D eigenvalue weighted by atomic mass is 19.3. The molecule has 7 aliphatic rings. The number of carbonyl (C=O) groups excluding carboxylic acids is 3. The van der Waals surface area contributed by atoms with E-state index in [-0.39, 0.29) is 57.0 Å². The van der Waals surface area contributed by atoms with Crippen LogP contribution in [0.4, 0.5) is 13.2 Å². The highest BCUT2D eigenvalue weighted by molar-refractivity contribution is 5.90. The van der Waals surface area contributed by atoms with Crippen LogP contribution >= 0.6 is 0 Å². The summed E-state index contributed by atoms with van der Waals surface area (Å²) in [4.78, 5) is 83.5. The Labute approximate surface area is 666 Å². The van der Waals surface area contributed by atoms with Crippen LogP contribution in [0.3, 0.4) is 0 Å². The second-order valence-corrected chi connectivity index (χ2v) is 30.9. The van der Waals surface area contributed by atoms with Crippen molar-refractivity contribution >= 4 is 35.6 Å². The molecule has 115 heavy (non-hydrogen) atoms. The highest BCUT2D eigenvalue weighted by Crippen LogP contribution is 2.54. The summed E-state index contributed by atoms with van der Waals surface area (Å²) in [5, 5.41) is 30.6. The van der Waals surface area contributed by atoms with Gasteiger partial charge in [0.2, 0.25) is 0 Å². The summed E-state index contributed by atoms with van der Waals surface area (Å²) in [7, 11) is 1.57. The van der Waals surface area contributed by atoms with Crippen LogP contribution < -0.4 is 18.9 Å². The number of halogens is 3. The number of nitrogens with zero attached hydrogens (tertiary/aromatic N) is 3. The maximum atomic E-state index is 14.1. The Hall–Kier alpha value is -11.3. The molecular weight excluding hydrogens is 1470 g/mol. The Balaban J connectivity index is 0.000000142. The molecule has 16 rings (SSSR count). The first-order valence-corrected chi connectivity index (χ1v) is 39.3. The number of benzene rings is 9. The Morgan fingerprint density at radius 3 is 1.13 bits per heavy atom. The minimum atomic E-state index is -2.81. The largest absolute Gasteiger partial charge is 0.493 e. The van der Waals surface area contributed by atoms with Gasteiger partial charge in [0, 0.05) is 68.4 Å². The molecule has 0 radical (unpaired) electrons. The molecule has 9 aromatic carbocycles. The fourth-order valence-electron chi connectivity index (χ4n) is 16.7. The van der Waals surface area contributed by atoms with Gasteiger partial charge in [-0.1, -0.05) is 207 Å². The third-order valence-electron chi connectivity index (χ3n) is 23.0. The first-order chi connectivity index (χ1) is 55.6. The average Bonchev–Trinajstić information content (AvgIpc) is 0.965. The van der Waals surface area contributed by atoms with E-state index in [2.05, 4.69) is 0 Å². The van der Waals surface area contributed by atoms with Crippen molar-refractivity contribution in [2.45, 2.75) is 191 Å². The van der Waals surface area contributed by atoms with Crippen molar-refractivity contribution < 1.29 is 90.4 Å². The number of ether oxygens (including phenoxy) is 7. The zero-order valence-corrected chi connectivity index (χ0v) is 64.4. The predicted octanol–water partition coefficient (Wildman–Crippen LogP) is 16.4. The molecule has 0 bridgehead atoms. The number of carboxylic acids is 3. The number of methoxy groups -OCH3 is 1. The molecule has 4 aliphatic carbocycles. The average molecular weight is 1570 g/mol. The van der Waals surface area contributed by atoms with Crippen molar-refractivity contribution in [3.63, 3.8) is 0 Å². The van der Waals surface area contributed by atoms with Gasteiger partial charge >= 0.3 is 17.9 Å². The van der Waals surface area contributed by atoms with Crippen molar-refractivity contribution in [2.24, 2.45) is 11.8 Å². The van der Waals surface area contributed by atoms with Crippen molar-refractivity contribution in [2.75, 3.05) is 7.11 Å². The lowest BCUT2D eigenvalue weighted by Gasteiger charge is -2.40. The lowest BCUT2D eigenvalue weighted by atomic mass is 9.89. The lowest BCUT2D eigenvalue weighted by molar-refractivity contribution is -0.193. The third-order valence-corrected chi connectivity index (χ3v) is 23.0. The number of alkyl halides is 2. The van der Waals surface area contributed by atoms with E-state index in [0.717, 1.165) is 105 Å². The molecule has 19 nitrogen and oxygen atoms in total. The van der Waals surface area contributed by atoms with E-state index >= 15 is 0 Å². The van der Waals surface area contributed by atoms with Crippen LogP contribution in [-0.2, 0) is 102 Å². The summed E-state index contributed by atoms with van der Waals surface area (Å²) in [6.45, 7) is 5.17. The zero-order valence-electron chi connectivity index (χ0n) is 64.4. The van der Waals surface area contributed by atoms with Crippen LogP contribution in [0.1, 0.15) is 154 Å². The normalized spacial score (nSPS) is 20.5. The van der Waals surface area contributed by atoms with E-state index in [9.17, 15) is 57.3 Å². The van der Waals surface area contributed by atoms with Gasteiger partial charge in [0.05, 0.1) is 25.4 Å². The summed E-state index contributed by atoms with van der Waals surface area (Å²) in [6, 6.07) is 61.0. The van der Waals surface area contributed by atoms with Crippen LogP contribution in [0.5, 0.6) is 23.0 Å². The molecule has 9 aromatic rings. The van der Waals surface area contributed by atoms with Gasteiger partial charge in [0.25, 0.3) is 23.6 Å². The van der Waals surface area contributed by atoms with Gasteiger partial charge in [0.1, 0.15) is 55.3 Å². The topological polar surface area (TPSA) is 237 Å². The number of carboxylic acid groups (broad SMARTS) is 3. The molecule has 0 spiro atoms. The SMILES string of the molecule is COc1ccc2c(c1OCc1ccccc1)CC(C(=O)O)N(C(=O)C(OC1CC3CC3C1)c1ccccc1)C2.Cc1ccc2c(c1OCc1ccccc1)CC(C(=O)O)N(C(=O)C(OC1CC(F)(F)C1)c1ccccc1)C2.Cc1ccc2c(c1OCc1ccccc1)CC(C(=O)O)N(C(=O)C(OC1CCCC1)c1ccc(F)cc1)C2. The van der Waals surface area contributed by atoms with Crippen molar-refractivity contribution in [3.8, 4) is 23.0 Å². The second-order valence-electron chi connectivity index (χ2n) is 30.9. The number of carbonyl (C=O) groups is 6. The van der Waals surface area contributed by atoms with Gasteiger partial charge in [-0.05, 0) is 137 Å². The van der Waals surface area contributed by atoms with Crippen LogP contribution in [0.25, 0.3) is 0 Å². The molecule has 3 amide bonds. The summed E-state index contributed by atoms with van der Waals surface area (Å²) < 4.78 is 83.4. The number of fused-ring (bicyclic) bond motifs is 4. The fraction of sp³-hybridized carbons (Fsp3) is 0.355. The molecule has 3 N–H and O–H groups in total. The molecule has 22 heteroatoms. The van der Waals surface area contributed by atoms with E-state index in [1.165, 1.54) is 33.3 Å². The van der Waals surface area contributed by atoms with E-state index in [1.807, 2.05) is 172 Å². The summed E-state index contributed by atoms with van der Waals surface area (Å²) >= 11 is 0. The fourth-order valence-corrected chi connectivity index (χ4v) is 16.7. The minimum absolute atomic E-state index is 0.0190. The second kappa shape index (κ2) is 36.0. The number of hydrogen-bond donors (Lipinski definition) is 3. The molecule has 3 heterocycles.